The number of nitrogens with one attached hydrogen (secondary N) is 1. The lowest BCUT2D eigenvalue weighted by molar-refractivity contribution is 0.0883. The average Bonchev–Trinajstić information content (AvgIpc) is 2.31. The summed E-state index contributed by atoms with van der Waals surface area (Å²) in [7, 11) is 2.30. The Kier molecular flexibility index (Phi) is 6.32. The third-order valence-corrected chi connectivity index (χ3v) is 5.16. The van der Waals surface area contributed by atoms with E-state index in [-0.39, 0.29) is 0 Å². The zero-order valence-electron chi connectivity index (χ0n) is 14.3. The number of nitrogens with zero attached hydrogens (tertiary/aromatic N) is 1. The van der Waals surface area contributed by atoms with E-state index in [1.807, 2.05) is 0 Å². The first-order valence-corrected chi connectivity index (χ1v) is 8.20. The molecule has 1 aliphatic carbocycles. The van der Waals surface area contributed by atoms with Gasteiger partial charge in [-0.05, 0) is 57.0 Å². The molecule has 0 aliphatic heterocycles. The Bertz CT molecular complexity index is 260. The summed E-state index contributed by atoms with van der Waals surface area (Å²) in [5.74, 6) is 1.54. The Balaban J connectivity index is 2.64. The van der Waals surface area contributed by atoms with Gasteiger partial charge in [0.1, 0.15) is 0 Å². The number of rotatable bonds is 6. The molecule has 2 heteroatoms. The van der Waals surface area contributed by atoms with Crippen LogP contribution in [0.4, 0.5) is 0 Å². The van der Waals surface area contributed by atoms with Gasteiger partial charge in [-0.15, -0.1) is 0 Å². The predicted octanol–water partition coefficient (Wildman–Crippen LogP) is 3.77. The van der Waals surface area contributed by atoms with Gasteiger partial charge in [0, 0.05) is 18.6 Å². The molecule has 0 radical (unpaired) electrons. The molecule has 0 aromatic rings. The van der Waals surface area contributed by atoms with Crippen molar-refractivity contribution in [2.24, 2.45) is 17.3 Å². The zero-order valence-corrected chi connectivity index (χ0v) is 14.3. The van der Waals surface area contributed by atoms with Gasteiger partial charge in [-0.25, -0.2) is 0 Å². The van der Waals surface area contributed by atoms with Crippen molar-refractivity contribution in [3.05, 3.63) is 0 Å². The lowest BCUT2D eigenvalue weighted by atomic mass is 9.69. The molecule has 0 spiro atoms. The van der Waals surface area contributed by atoms with E-state index in [1.54, 1.807) is 0 Å². The Hall–Kier alpha value is -0.0800. The van der Waals surface area contributed by atoms with Crippen LogP contribution in [0.2, 0.25) is 0 Å². The first-order valence-electron chi connectivity index (χ1n) is 8.20. The average molecular weight is 268 g/mol. The van der Waals surface area contributed by atoms with Gasteiger partial charge in [0.05, 0.1) is 0 Å². The molecule has 1 saturated carbocycles. The molecular formula is C17H36N2. The molecule has 0 heterocycles. The smallest absolute Gasteiger partial charge is 0.0108 e. The van der Waals surface area contributed by atoms with Crippen molar-refractivity contribution in [2.75, 3.05) is 20.1 Å². The van der Waals surface area contributed by atoms with Crippen LogP contribution in [0.25, 0.3) is 0 Å². The van der Waals surface area contributed by atoms with Crippen LogP contribution >= 0.6 is 0 Å². The van der Waals surface area contributed by atoms with Crippen LogP contribution in [0.1, 0.15) is 60.8 Å². The minimum atomic E-state index is 0.526. The minimum absolute atomic E-state index is 0.526. The fourth-order valence-corrected chi connectivity index (χ4v) is 3.50. The second-order valence-electron chi connectivity index (χ2n) is 7.76. The van der Waals surface area contributed by atoms with E-state index in [9.17, 15) is 0 Å². The number of hydrogen-bond acceptors (Lipinski definition) is 2. The predicted molar refractivity (Wildman–Crippen MR) is 85.5 cm³/mol. The Morgan fingerprint density at radius 1 is 1.26 bits per heavy atom. The maximum absolute atomic E-state index is 3.72. The fourth-order valence-electron chi connectivity index (χ4n) is 3.50. The molecule has 0 aromatic carbocycles. The van der Waals surface area contributed by atoms with Crippen LogP contribution in [0.15, 0.2) is 0 Å². The largest absolute Gasteiger partial charge is 0.314 e. The molecule has 0 bridgehead atoms. The van der Waals surface area contributed by atoms with Gasteiger partial charge >= 0.3 is 0 Å². The van der Waals surface area contributed by atoms with Crippen LogP contribution in [-0.4, -0.2) is 37.1 Å². The van der Waals surface area contributed by atoms with Gasteiger partial charge in [0.2, 0.25) is 0 Å². The zero-order chi connectivity index (χ0) is 14.6. The maximum atomic E-state index is 3.72. The molecule has 1 fully saturated rings. The first-order chi connectivity index (χ1) is 8.76. The van der Waals surface area contributed by atoms with Crippen molar-refractivity contribution in [1.29, 1.82) is 0 Å². The topological polar surface area (TPSA) is 15.3 Å². The van der Waals surface area contributed by atoms with Crippen molar-refractivity contribution in [1.82, 2.24) is 10.2 Å². The summed E-state index contributed by atoms with van der Waals surface area (Å²) >= 11 is 0. The van der Waals surface area contributed by atoms with E-state index in [0.717, 1.165) is 24.4 Å². The van der Waals surface area contributed by atoms with Crippen LogP contribution in [0, 0.1) is 17.3 Å². The van der Waals surface area contributed by atoms with Crippen LogP contribution in [0.5, 0.6) is 0 Å². The van der Waals surface area contributed by atoms with Crippen molar-refractivity contribution in [3.8, 4) is 0 Å². The van der Waals surface area contributed by atoms with Crippen molar-refractivity contribution >= 4 is 0 Å². The van der Waals surface area contributed by atoms with E-state index in [2.05, 4.69) is 58.8 Å². The highest BCUT2D eigenvalue weighted by Gasteiger charge is 2.35. The third kappa shape index (κ3) is 5.07. The van der Waals surface area contributed by atoms with E-state index >= 15 is 0 Å². The van der Waals surface area contributed by atoms with E-state index < -0.39 is 0 Å². The van der Waals surface area contributed by atoms with Crippen molar-refractivity contribution < 1.29 is 0 Å². The highest BCUT2D eigenvalue weighted by atomic mass is 15.1. The van der Waals surface area contributed by atoms with Gasteiger partial charge in [0.15, 0.2) is 0 Å². The molecule has 114 valence electrons. The van der Waals surface area contributed by atoms with Gasteiger partial charge in [-0.3, -0.25) is 0 Å². The van der Waals surface area contributed by atoms with Gasteiger partial charge in [-0.2, -0.15) is 0 Å². The quantitative estimate of drug-likeness (QED) is 0.789. The highest BCUT2D eigenvalue weighted by molar-refractivity contribution is 4.90. The monoisotopic (exact) mass is 268 g/mol. The molecule has 0 saturated heterocycles. The molecule has 1 rings (SSSR count). The molecule has 1 aliphatic rings. The summed E-state index contributed by atoms with van der Waals surface area (Å²) in [6, 6.07) is 1.40. The maximum Gasteiger partial charge on any atom is 0.0108 e. The first kappa shape index (κ1) is 17.0. The second kappa shape index (κ2) is 7.08. The van der Waals surface area contributed by atoms with E-state index in [4.69, 9.17) is 0 Å². The minimum Gasteiger partial charge on any atom is -0.314 e. The molecule has 0 aromatic heterocycles. The Morgan fingerprint density at radius 3 is 2.42 bits per heavy atom. The fraction of sp³-hybridized carbons (Fsp3) is 1.00. The van der Waals surface area contributed by atoms with Crippen molar-refractivity contribution in [3.63, 3.8) is 0 Å². The van der Waals surface area contributed by atoms with E-state index in [0.29, 0.717) is 11.5 Å². The molecule has 3 atom stereocenters. The second-order valence-corrected chi connectivity index (χ2v) is 7.76. The summed E-state index contributed by atoms with van der Waals surface area (Å²) < 4.78 is 0. The molecule has 1 N–H and O–H groups in total. The molecular weight excluding hydrogens is 232 g/mol. The summed E-state index contributed by atoms with van der Waals surface area (Å²) in [6.45, 7) is 16.5. The third-order valence-electron chi connectivity index (χ3n) is 5.16. The van der Waals surface area contributed by atoms with E-state index in [1.165, 1.54) is 25.8 Å². The number of hydrogen-bond donors (Lipinski definition) is 1. The molecule has 0 amide bonds. The molecule has 19 heavy (non-hydrogen) atoms. The van der Waals surface area contributed by atoms with Crippen LogP contribution in [0.3, 0.4) is 0 Å². The molecule has 2 nitrogen and oxygen atoms in total. The standard InChI is InChI=1S/C17H36N2/c1-8-18-16-9-10-17(5,6)11-15(16)12-19(7)14(4)13(2)3/h13-16,18H,8-12H2,1-7H3. The van der Waals surface area contributed by atoms with Crippen LogP contribution in [-0.2, 0) is 0 Å². The van der Waals surface area contributed by atoms with Gasteiger partial charge in [0.25, 0.3) is 0 Å². The SMILES string of the molecule is CCNC1CCC(C)(C)CC1CN(C)C(C)C(C)C. The van der Waals surface area contributed by atoms with Crippen molar-refractivity contribution in [2.45, 2.75) is 72.9 Å². The summed E-state index contributed by atoms with van der Waals surface area (Å²) in [6.07, 6.45) is 4.07. The summed E-state index contributed by atoms with van der Waals surface area (Å²) in [5, 5.41) is 3.72. The van der Waals surface area contributed by atoms with Crippen LogP contribution < -0.4 is 5.32 Å². The van der Waals surface area contributed by atoms with Gasteiger partial charge < -0.3 is 10.2 Å². The summed E-state index contributed by atoms with van der Waals surface area (Å²) in [4.78, 5) is 2.57. The lowest BCUT2D eigenvalue weighted by Crippen LogP contribution is -2.48. The van der Waals surface area contributed by atoms with Gasteiger partial charge in [-0.1, -0.05) is 34.6 Å². The molecule has 3 unspecified atom stereocenters. The normalized spacial score (nSPS) is 28.9. The Labute approximate surface area is 121 Å². The highest BCUT2D eigenvalue weighted by Crippen LogP contribution is 2.39. The lowest BCUT2D eigenvalue weighted by Gasteiger charge is -2.43. The Morgan fingerprint density at radius 2 is 1.89 bits per heavy atom. The summed E-state index contributed by atoms with van der Waals surface area (Å²) in [5.41, 5.74) is 0.526.